The predicted octanol–water partition coefficient (Wildman–Crippen LogP) is 4.88. The molecule has 0 aliphatic heterocycles. The van der Waals surface area contributed by atoms with Crippen molar-refractivity contribution in [1.29, 1.82) is 0 Å². The average molecular weight is 445 g/mol. The topological polar surface area (TPSA) is 137 Å². The van der Waals surface area contributed by atoms with Gasteiger partial charge in [0.05, 0.1) is 25.7 Å². The summed E-state index contributed by atoms with van der Waals surface area (Å²) in [4.78, 5) is 38.0. The molecule has 1 aliphatic rings. The lowest BCUT2D eigenvalue weighted by Gasteiger charge is -2.19. The van der Waals surface area contributed by atoms with Crippen LogP contribution in [0.25, 0.3) is 10.4 Å². The number of azide groups is 1. The summed E-state index contributed by atoms with van der Waals surface area (Å²) < 4.78 is 20.4. The highest BCUT2D eigenvalue weighted by atomic mass is 16.7. The van der Waals surface area contributed by atoms with Gasteiger partial charge in [0.1, 0.15) is 11.5 Å². The number of hydrogen-bond donors (Lipinski definition) is 0. The van der Waals surface area contributed by atoms with Gasteiger partial charge < -0.3 is 18.9 Å². The third kappa shape index (κ3) is 9.09. The Kier molecular flexibility index (Phi) is 10.6. The first-order valence-corrected chi connectivity index (χ1v) is 10.5. The number of unbranched alkanes of at least 4 members (excludes halogenated alkanes) is 1. The van der Waals surface area contributed by atoms with Gasteiger partial charge in [-0.25, -0.2) is 9.59 Å². The van der Waals surface area contributed by atoms with Gasteiger partial charge in [0.15, 0.2) is 0 Å². The number of ether oxygens (including phenoxy) is 4. The lowest BCUT2D eigenvalue weighted by Crippen LogP contribution is -2.22. The molecule has 0 heterocycles. The zero-order chi connectivity index (χ0) is 23.2. The maximum atomic E-state index is 12.2. The third-order valence-corrected chi connectivity index (χ3v) is 4.79. The highest BCUT2D eigenvalue weighted by molar-refractivity contribution is 5.88. The summed E-state index contributed by atoms with van der Waals surface area (Å²) in [6.45, 7) is 3.53. The lowest BCUT2D eigenvalue weighted by molar-refractivity contribution is -0.140. The fourth-order valence-corrected chi connectivity index (χ4v) is 3.05. The highest BCUT2D eigenvalue weighted by Crippen LogP contribution is 2.26. The summed E-state index contributed by atoms with van der Waals surface area (Å²) in [5.74, 6) is -0.235. The summed E-state index contributed by atoms with van der Waals surface area (Å²) in [7, 11) is 0. The van der Waals surface area contributed by atoms with Crippen molar-refractivity contribution in [2.45, 2.75) is 44.9 Å². The van der Waals surface area contributed by atoms with E-state index in [2.05, 4.69) is 16.6 Å². The first kappa shape index (κ1) is 24.7. The Balaban J connectivity index is 1.59. The lowest BCUT2D eigenvalue weighted by atomic mass is 9.89. The molecule has 32 heavy (non-hydrogen) atoms. The van der Waals surface area contributed by atoms with Gasteiger partial charge in [-0.05, 0) is 55.5 Å². The van der Waals surface area contributed by atoms with Crippen LogP contribution in [-0.2, 0) is 19.1 Å². The van der Waals surface area contributed by atoms with Crippen LogP contribution in [0.5, 0.6) is 11.5 Å². The SMILES string of the molecule is C=C(CN=[N+]=[N-])C(=O)OCCCCOC(=O)Oc1ccc(OC(=O)C2CCCCC2)cc1. The van der Waals surface area contributed by atoms with E-state index in [0.717, 1.165) is 32.1 Å². The smallest absolute Gasteiger partial charge is 0.462 e. The maximum absolute atomic E-state index is 12.2. The molecular weight excluding hydrogens is 418 g/mol. The van der Waals surface area contributed by atoms with Crippen LogP contribution in [0, 0.1) is 5.92 Å². The summed E-state index contributed by atoms with van der Waals surface area (Å²) >= 11 is 0. The summed E-state index contributed by atoms with van der Waals surface area (Å²) in [6, 6.07) is 6.17. The molecule has 1 aliphatic carbocycles. The second kappa shape index (κ2) is 13.7. The molecule has 0 unspecified atom stereocenters. The molecule has 1 saturated carbocycles. The molecule has 0 aromatic heterocycles. The van der Waals surface area contributed by atoms with E-state index in [-0.39, 0.29) is 43.0 Å². The fraction of sp³-hybridized carbons (Fsp3) is 0.500. The second-order valence-corrected chi connectivity index (χ2v) is 7.26. The molecule has 0 radical (unpaired) electrons. The zero-order valence-electron chi connectivity index (χ0n) is 17.9. The van der Waals surface area contributed by atoms with Crippen molar-refractivity contribution in [2.24, 2.45) is 11.0 Å². The van der Waals surface area contributed by atoms with Crippen LogP contribution in [0.3, 0.4) is 0 Å². The van der Waals surface area contributed by atoms with E-state index in [0.29, 0.717) is 18.6 Å². The van der Waals surface area contributed by atoms with Crippen LogP contribution in [0.2, 0.25) is 0 Å². The van der Waals surface area contributed by atoms with Crippen molar-refractivity contribution in [3.63, 3.8) is 0 Å². The van der Waals surface area contributed by atoms with Crippen molar-refractivity contribution >= 4 is 18.1 Å². The number of carbonyl (C=O) groups excluding carboxylic acids is 3. The monoisotopic (exact) mass is 445 g/mol. The number of hydrogen-bond acceptors (Lipinski definition) is 8. The molecule has 1 aromatic rings. The van der Waals surface area contributed by atoms with Gasteiger partial charge in [-0.1, -0.05) is 31.0 Å². The average Bonchev–Trinajstić information content (AvgIpc) is 2.81. The Bertz CT molecular complexity index is 842. The van der Waals surface area contributed by atoms with E-state index in [1.165, 1.54) is 12.1 Å². The summed E-state index contributed by atoms with van der Waals surface area (Å²) in [5, 5.41) is 3.23. The van der Waals surface area contributed by atoms with Crippen LogP contribution < -0.4 is 9.47 Å². The molecule has 0 atom stereocenters. The number of nitrogens with zero attached hydrogens (tertiary/aromatic N) is 3. The largest absolute Gasteiger partial charge is 0.513 e. The predicted molar refractivity (Wildman–Crippen MR) is 114 cm³/mol. The molecule has 0 amide bonds. The molecule has 172 valence electrons. The Labute approximate surface area is 186 Å². The van der Waals surface area contributed by atoms with Gasteiger partial charge in [-0.2, -0.15) is 0 Å². The van der Waals surface area contributed by atoms with Crippen molar-refractivity contribution in [3.05, 3.63) is 46.9 Å². The molecule has 0 saturated heterocycles. The van der Waals surface area contributed by atoms with Gasteiger partial charge >= 0.3 is 18.1 Å². The van der Waals surface area contributed by atoms with E-state index in [9.17, 15) is 14.4 Å². The van der Waals surface area contributed by atoms with E-state index < -0.39 is 12.1 Å². The maximum Gasteiger partial charge on any atom is 0.513 e. The normalized spacial score (nSPS) is 13.4. The Morgan fingerprint density at radius 1 is 0.969 bits per heavy atom. The Morgan fingerprint density at radius 2 is 1.56 bits per heavy atom. The molecule has 10 nitrogen and oxygen atoms in total. The van der Waals surface area contributed by atoms with Crippen LogP contribution in [0.1, 0.15) is 44.9 Å². The van der Waals surface area contributed by atoms with Crippen LogP contribution in [0.15, 0.2) is 41.5 Å². The van der Waals surface area contributed by atoms with Gasteiger partial charge in [0.2, 0.25) is 0 Å². The molecule has 0 N–H and O–H groups in total. The molecule has 1 aromatic carbocycles. The van der Waals surface area contributed by atoms with Crippen LogP contribution >= 0.6 is 0 Å². The van der Waals surface area contributed by atoms with Gasteiger partial charge in [0.25, 0.3) is 0 Å². The molecular formula is C22H27N3O7. The Morgan fingerprint density at radius 3 is 2.19 bits per heavy atom. The number of rotatable bonds is 11. The van der Waals surface area contributed by atoms with Crippen LogP contribution in [-0.4, -0.2) is 37.9 Å². The number of carbonyl (C=O) groups is 3. The minimum atomic E-state index is -0.864. The summed E-state index contributed by atoms with van der Waals surface area (Å²) in [5.41, 5.74) is 8.26. The van der Waals surface area contributed by atoms with E-state index >= 15 is 0 Å². The number of benzene rings is 1. The van der Waals surface area contributed by atoms with E-state index in [1.54, 1.807) is 12.1 Å². The first-order valence-electron chi connectivity index (χ1n) is 10.5. The van der Waals surface area contributed by atoms with E-state index in [4.69, 9.17) is 24.5 Å². The van der Waals surface area contributed by atoms with Crippen molar-refractivity contribution < 1.29 is 33.3 Å². The quantitative estimate of drug-likeness (QED) is 0.0692. The van der Waals surface area contributed by atoms with Crippen LogP contribution in [0.4, 0.5) is 4.79 Å². The van der Waals surface area contributed by atoms with Crippen molar-refractivity contribution in [3.8, 4) is 11.5 Å². The Hall–Kier alpha value is -3.52. The van der Waals surface area contributed by atoms with E-state index in [1.807, 2.05) is 0 Å². The summed E-state index contributed by atoms with van der Waals surface area (Å²) in [6.07, 6.45) is 5.05. The molecule has 10 heteroatoms. The molecule has 0 bridgehead atoms. The number of esters is 2. The standard InChI is InChI=1S/C22H27N3O7/c1-16(15-24-25-23)20(26)29-13-5-6-14-30-22(28)32-19-11-9-18(10-12-19)31-21(27)17-7-3-2-4-8-17/h9-12,17H,1-8,13-15H2. The first-order chi connectivity index (χ1) is 15.5. The molecule has 0 spiro atoms. The molecule has 1 fully saturated rings. The van der Waals surface area contributed by atoms with Gasteiger partial charge in [0, 0.05) is 10.5 Å². The highest BCUT2D eigenvalue weighted by Gasteiger charge is 2.23. The van der Waals surface area contributed by atoms with Crippen molar-refractivity contribution in [2.75, 3.05) is 19.8 Å². The minimum absolute atomic E-state index is 0.0466. The fourth-order valence-electron chi connectivity index (χ4n) is 3.05. The molecule has 2 rings (SSSR count). The minimum Gasteiger partial charge on any atom is -0.462 e. The van der Waals surface area contributed by atoms with Gasteiger partial charge in [-0.15, -0.1) is 0 Å². The third-order valence-electron chi connectivity index (χ3n) is 4.79. The zero-order valence-corrected chi connectivity index (χ0v) is 17.9. The van der Waals surface area contributed by atoms with Crippen molar-refractivity contribution in [1.82, 2.24) is 0 Å². The second-order valence-electron chi connectivity index (χ2n) is 7.26. The van der Waals surface area contributed by atoms with Gasteiger partial charge in [-0.3, -0.25) is 4.79 Å².